The molecule has 1 aliphatic carbocycles. The van der Waals surface area contributed by atoms with Gasteiger partial charge in [0, 0.05) is 31.1 Å². The highest BCUT2D eigenvalue weighted by Crippen LogP contribution is 2.40. The summed E-state index contributed by atoms with van der Waals surface area (Å²) in [6.45, 7) is 3.11. The van der Waals surface area contributed by atoms with Crippen molar-refractivity contribution in [3.8, 4) is 0 Å². The number of nitrogens with zero attached hydrogens (tertiary/aromatic N) is 4. The van der Waals surface area contributed by atoms with Gasteiger partial charge >= 0.3 is 0 Å². The van der Waals surface area contributed by atoms with Gasteiger partial charge < -0.3 is 15.2 Å². The average Bonchev–Trinajstić information content (AvgIpc) is 3.47. The molecule has 1 fully saturated rings. The monoisotopic (exact) mass is 399 g/mol. The van der Waals surface area contributed by atoms with Crippen LogP contribution in [0.2, 0.25) is 0 Å². The Labute approximate surface area is 168 Å². The molecule has 0 saturated heterocycles. The summed E-state index contributed by atoms with van der Waals surface area (Å²) in [7, 11) is 0. The van der Waals surface area contributed by atoms with Crippen LogP contribution in [-0.4, -0.2) is 38.4 Å². The van der Waals surface area contributed by atoms with Crippen molar-refractivity contribution in [1.82, 2.24) is 14.8 Å². The van der Waals surface area contributed by atoms with E-state index in [2.05, 4.69) is 16.3 Å². The van der Waals surface area contributed by atoms with E-state index in [1.807, 2.05) is 34.6 Å². The molecule has 148 valence electrons. The quantitative estimate of drug-likeness (QED) is 0.722. The summed E-state index contributed by atoms with van der Waals surface area (Å²) < 4.78 is 1.97. The van der Waals surface area contributed by atoms with E-state index in [9.17, 15) is 9.59 Å². The first-order valence-electron chi connectivity index (χ1n) is 9.82. The van der Waals surface area contributed by atoms with Crippen LogP contribution in [0, 0.1) is 0 Å². The molecule has 0 bridgehead atoms. The molecule has 28 heavy (non-hydrogen) atoms. The molecular weight excluding hydrogens is 374 g/mol. The number of hydrogen-bond acceptors (Lipinski definition) is 5. The van der Waals surface area contributed by atoms with Crippen LogP contribution >= 0.6 is 11.8 Å². The zero-order valence-electron chi connectivity index (χ0n) is 16.0. The fraction of sp³-hybridized carbons (Fsp3) is 0.500. The Balaban J connectivity index is 1.51. The number of rotatable bonds is 7. The highest BCUT2D eigenvalue weighted by molar-refractivity contribution is 8.00. The van der Waals surface area contributed by atoms with Crippen molar-refractivity contribution < 1.29 is 9.59 Å². The number of hydrogen-bond donors (Lipinski definition) is 1. The number of primary amides is 1. The van der Waals surface area contributed by atoms with Crippen LogP contribution in [0.4, 0.5) is 5.69 Å². The maximum Gasteiger partial charge on any atom is 0.240 e. The molecule has 0 spiro atoms. The molecule has 1 aromatic heterocycles. The van der Waals surface area contributed by atoms with Gasteiger partial charge in [-0.15, -0.1) is 10.2 Å². The number of amides is 2. The van der Waals surface area contributed by atoms with E-state index in [-0.39, 0.29) is 23.5 Å². The second kappa shape index (κ2) is 7.95. The second-order valence-electron chi connectivity index (χ2n) is 7.47. The molecule has 8 heteroatoms. The van der Waals surface area contributed by atoms with Crippen LogP contribution in [0.5, 0.6) is 0 Å². The third kappa shape index (κ3) is 3.92. The highest BCUT2D eigenvalue weighted by Gasteiger charge is 2.32. The second-order valence-corrected chi connectivity index (χ2v) is 8.77. The molecule has 4 rings (SSSR count). The molecule has 2 heterocycles. The third-order valence-corrected chi connectivity index (χ3v) is 6.34. The largest absolute Gasteiger partial charge is 0.370 e. The minimum absolute atomic E-state index is 0.0783. The lowest BCUT2D eigenvalue weighted by Crippen LogP contribution is -2.40. The zero-order chi connectivity index (χ0) is 19.7. The van der Waals surface area contributed by atoms with Gasteiger partial charge in [-0.05, 0) is 44.2 Å². The molecule has 1 unspecified atom stereocenters. The number of anilines is 1. The number of thioether (sulfide) groups is 1. The molecule has 7 nitrogen and oxygen atoms in total. The van der Waals surface area contributed by atoms with Gasteiger partial charge in [0.1, 0.15) is 5.82 Å². The SMILES string of the molecule is CC(Sc1nnc(C2CC2)n1CCC(N)=O)C(=O)N1CCCc2ccccc21. The van der Waals surface area contributed by atoms with Crippen molar-refractivity contribution >= 4 is 29.3 Å². The fourth-order valence-electron chi connectivity index (χ4n) is 3.65. The molecule has 1 aromatic carbocycles. The maximum absolute atomic E-state index is 13.2. The van der Waals surface area contributed by atoms with E-state index in [1.165, 1.54) is 17.3 Å². The number of aryl methyl sites for hydroxylation is 1. The minimum Gasteiger partial charge on any atom is -0.370 e. The van der Waals surface area contributed by atoms with Crippen LogP contribution < -0.4 is 10.6 Å². The molecule has 2 N–H and O–H groups in total. The fourth-order valence-corrected chi connectivity index (χ4v) is 4.60. The van der Waals surface area contributed by atoms with Crippen molar-refractivity contribution in [2.75, 3.05) is 11.4 Å². The Bertz CT molecular complexity index is 892. The Morgan fingerprint density at radius 3 is 2.82 bits per heavy atom. The van der Waals surface area contributed by atoms with E-state index in [0.717, 1.165) is 43.7 Å². The lowest BCUT2D eigenvalue weighted by atomic mass is 10.0. The predicted octanol–water partition coefficient (Wildman–Crippen LogP) is 2.49. The number of nitrogens with two attached hydrogens (primary N) is 1. The first-order chi connectivity index (χ1) is 13.5. The molecular formula is C20H25N5O2S. The number of carbonyl (C=O) groups excluding carboxylic acids is 2. The molecule has 1 aliphatic heterocycles. The topological polar surface area (TPSA) is 94.1 Å². The van der Waals surface area contributed by atoms with Crippen LogP contribution in [0.15, 0.2) is 29.4 Å². The number of aromatic nitrogens is 3. The maximum atomic E-state index is 13.2. The van der Waals surface area contributed by atoms with Gasteiger partial charge in [0.05, 0.1) is 5.25 Å². The van der Waals surface area contributed by atoms with Crippen molar-refractivity contribution in [3.05, 3.63) is 35.7 Å². The number of para-hydroxylation sites is 1. The molecule has 1 atom stereocenters. The van der Waals surface area contributed by atoms with Gasteiger partial charge in [0.2, 0.25) is 11.8 Å². The Kier molecular flexibility index (Phi) is 5.39. The molecule has 2 amide bonds. The number of benzene rings is 1. The predicted molar refractivity (Wildman–Crippen MR) is 108 cm³/mol. The molecule has 1 saturated carbocycles. The normalized spacial score (nSPS) is 17.2. The van der Waals surface area contributed by atoms with Gasteiger partial charge in [0.15, 0.2) is 5.16 Å². The standard InChI is InChI=1S/C20H25N5O2S/c1-13(19(27)24-11-4-6-14-5-2-3-7-16(14)24)28-20-23-22-18(15-8-9-15)25(20)12-10-17(21)26/h2-3,5,7,13,15H,4,6,8-12H2,1H3,(H2,21,26). The van der Waals surface area contributed by atoms with Crippen LogP contribution in [-0.2, 0) is 22.6 Å². The van der Waals surface area contributed by atoms with Crippen LogP contribution in [0.1, 0.15) is 49.9 Å². The van der Waals surface area contributed by atoms with E-state index < -0.39 is 0 Å². The molecule has 0 radical (unpaired) electrons. The van der Waals surface area contributed by atoms with Crippen molar-refractivity contribution in [1.29, 1.82) is 0 Å². The Morgan fingerprint density at radius 1 is 1.29 bits per heavy atom. The smallest absolute Gasteiger partial charge is 0.240 e. The summed E-state index contributed by atoms with van der Waals surface area (Å²) in [6, 6.07) is 8.11. The van der Waals surface area contributed by atoms with E-state index >= 15 is 0 Å². The van der Waals surface area contributed by atoms with Gasteiger partial charge in [0.25, 0.3) is 0 Å². The summed E-state index contributed by atoms with van der Waals surface area (Å²) in [5, 5.41) is 9.04. The lowest BCUT2D eigenvalue weighted by molar-refractivity contribution is -0.119. The lowest BCUT2D eigenvalue weighted by Gasteiger charge is -2.31. The Hall–Kier alpha value is -2.35. The summed E-state index contributed by atoms with van der Waals surface area (Å²) >= 11 is 1.41. The van der Waals surface area contributed by atoms with Crippen LogP contribution in [0.3, 0.4) is 0 Å². The van der Waals surface area contributed by atoms with Gasteiger partial charge in [-0.3, -0.25) is 9.59 Å². The molecule has 2 aliphatic rings. The van der Waals surface area contributed by atoms with Crippen molar-refractivity contribution in [2.24, 2.45) is 5.73 Å². The summed E-state index contributed by atoms with van der Waals surface area (Å²) in [5.41, 5.74) is 7.57. The Morgan fingerprint density at radius 2 is 2.07 bits per heavy atom. The van der Waals surface area contributed by atoms with Gasteiger partial charge in [-0.1, -0.05) is 30.0 Å². The minimum atomic E-state index is -0.347. The highest BCUT2D eigenvalue weighted by atomic mass is 32.2. The summed E-state index contributed by atoms with van der Waals surface area (Å²) in [4.78, 5) is 26.3. The number of carbonyl (C=O) groups is 2. The average molecular weight is 400 g/mol. The van der Waals surface area contributed by atoms with Gasteiger partial charge in [-0.2, -0.15) is 0 Å². The van der Waals surface area contributed by atoms with Crippen molar-refractivity contribution in [2.45, 2.75) is 61.9 Å². The van der Waals surface area contributed by atoms with E-state index in [0.29, 0.717) is 17.6 Å². The zero-order valence-corrected chi connectivity index (χ0v) is 16.8. The summed E-state index contributed by atoms with van der Waals surface area (Å²) in [6.07, 6.45) is 4.42. The third-order valence-electron chi connectivity index (χ3n) is 5.28. The first-order valence-corrected chi connectivity index (χ1v) is 10.7. The van der Waals surface area contributed by atoms with E-state index in [1.54, 1.807) is 0 Å². The van der Waals surface area contributed by atoms with E-state index in [4.69, 9.17) is 5.73 Å². The number of fused-ring (bicyclic) bond motifs is 1. The summed E-state index contributed by atoms with van der Waals surface area (Å²) in [5.74, 6) is 1.05. The van der Waals surface area contributed by atoms with Crippen molar-refractivity contribution in [3.63, 3.8) is 0 Å². The first kappa shape index (κ1) is 19.0. The molecule has 2 aromatic rings. The van der Waals surface area contributed by atoms with Crippen LogP contribution in [0.25, 0.3) is 0 Å². The van der Waals surface area contributed by atoms with Gasteiger partial charge in [-0.25, -0.2) is 0 Å².